The van der Waals surface area contributed by atoms with E-state index < -0.39 is 17.6 Å². The summed E-state index contributed by atoms with van der Waals surface area (Å²) in [7, 11) is 0. The predicted molar refractivity (Wildman–Crippen MR) is 98.9 cm³/mol. The molecule has 144 valence electrons. The third kappa shape index (κ3) is 5.47. The van der Waals surface area contributed by atoms with Crippen LogP contribution in [-0.2, 0) is 22.2 Å². The Morgan fingerprint density at radius 2 is 1.74 bits per heavy atom. The van der Waals surface area contributed by atoms with E-state index in [0.717, 1.165) is 30.2 Å². The quantitative estimate of drug-likeness (QED) is 0.777. The molecule has 0 radical (unpaired) electrons. The molecule has 0 aliphatic carbocycles. The lowest BCUT2D eigenvalue weighted by Gasteiger charge is -2.21. The minimum atomic E-state index is -4.56. The van der Waals surface area contributed by atoms with Crippen LogP contribution in [0.1, 0.15) is 25.0 Å². The summed E-state index contributed by atoms with van der Waals surface area (Å²) in [6.45, 7) is 2.94. The highest BCUT2D eigenvalue weighted by atomic mass is 35.5. The topological polar surface area (TPSA) is 49.4 Å². The van der Waals surface area contributed by atoms with Crippen molar-refractivity contribution in [2.45, 2.75) is 26.4 Å². The molecule has 2 aromatic rings. The molecule has 0 fully saturated rings. The van der Waals surface area contributed by atoms with Crippen molar-refractivity contribution in [3.8, 4) is 0 Å². The fraction of sp³-hybridized carbons (Fsp3) is 0.263. The highest BCUT2D eigenvalue weighted by Crippen LogP contribution is 2.33. The molecule has 0 saturated heterocycles. The van der Waals surface area contributed by atoms with Crippen molar-refractivity contribution >= 4 is 34.8 Å². The number of carbonyl (C=O) groups is 2. The third-order valence-electron chi connectivity index (χ3n) is 3.91. The Hall–Kier alpha value is -2.54. The third-order valence-corrected chi connectivity index (χ3v) is 4.24. The molecule has 0 bridgehead atoms. The molecule has 0 heterocycles. The Kier molecular flexibility index (Phi) is 6.49. The molecular formula is C19H18ClF3N2O2. The van der Waals surface area contributed by atoms with E-state index in [4.69, 9.17) is 11.6 Å². The zero-order valence-corrected chi connectivity index (χ0v) is 15.5. The zero-order valence-electron chi connectivity index (χ0n) is 14.7. The summed E-state index contributed by atoms with van der Waals surface area (Å²) in [5.74, 6) is -1.03. The molecule has 0 aliphatic rings. The molecule has 1 N–H and O–H groups in total. The average molecular weight is 399 g/mol. The summed E-state index contributed by atoms with van der Waals surface area (Å²) in [5, 5.41) is 2.31. The normalized spacial score (nSPS) is 11.2. The number of benzene rings is 2. The first kappa shape index (κ1) is 20.8. The first-order valence-electron chi connectivity index (χ1n) is 8.15. The maximum absolute atomic E-state index is 12.8. The molecule has 0 unspecified atom stereocenters. The molecule has 0 saturated carbocycles. The molecule has 0 atom stereocenters. The van der Waals surface area contributed by atoms with Gasteiger partial charge in [0.2, 0.25) is 11.8 Å². The molecule has 2 amide bonds. The molecule has 0 aromatic heterocycles. The molecule has 4 nitrogen and oxygen atoms in total. The number of alkyl halides is 3. The van der Waals surface area contributed by atoms with Crippen LogP contribution in [0.5, 0.6) is 0 Å². The summed E-state index contributed by atoms with van der Waals surface area (Å²) in [6.07, 6.45) is -3.73. The Bertz CT molecular complexity index is 836. The summed E-state index contributed by atoms with van der Waals surface area (Å²) in [5.41, 5.74) is 0.495. The van der Waals surface area contributed by atoms with Crippen molar-refractivity contribution in [2.75, 3.05) is 16.8 Å². The summed E-state index contributed by atoms with van der Waals surface area (Å²) in [4.78, 5) is 25.4. The van der Waals surface area contributed by atoms with Gasteiger partial charge in [-0.2, -0.15) is 13.2 Å². The number of hydrogen-bond acceptors (Lipinski definition) is 2. The van der Waals surface area contributed by atoms with E-state index >= 15 is 0 Å². The average Bonchev–Trinajstić information content (AvgIpc) is 2.60. The number of nitrogens with zero attached hydrogens (tertiary/aromatic N) is 1. The van der Waals surface area contributed by atoms with Crippen LogP contribution in [0.25, 0.3) is 0 Å². The first-order chi connectivity index (χ1) is 12.6. The van der Waals surface area contributed by atoms with Crippen LogP contribution in [0, 0.1) is 0 Å². The maximum atomic E-state index is 12.8. The van der Waals surface area contributed by atoms with E-state index in [-0.39, 0.29) is 23.2 Å². The van der Waals surface area contributed by atoms with Crippen LogP contribution in [0.3, 0.4) is 0 Å². The van der Waals surface area contributed by atoms with Crippen molar-refractivity contribution < 1.29 is 22.8 Å². The summed E-state index contributed by atoms with van der Waals surface area (Å²) >= 11 is 5.88. The van der Waals surface area contributed by atoms with Gasteiger partial charge in [0, 0.05) is 12.6 Å². The van der Waals surface area contributed by atoms with Gasteiger partial charge in [-0.05, 0) is 42.3 Å². The number of hydrogen-bond donors (Lipinski definition) is 1. The smallest absolute Gasteiger partial charge is 0.323 e. The largest absolute Gasteiger partial charge is 0.416 e. The molecule has 2 aromatic carbocycles. The minimum Gasteiger partial charge on any atom is -0.323 e. The predicted octanol–water partition coefficient (Wildman–Crippen LogP) is 4.91. The van der Waals surface area contributed by atoms with E-state index in [2.05, 4.69) is 5.32 Å². The Morgan fingerprint density at radius 1 is 1.11 bits per heavy atom. The molecule has 0 aliphatic heterocycles. The lowest BCUT2D eigenvalue weighted by Crippen LogP contribution is -2.36. The van der Waals surface area contributed by atoms with Crippen LogP contribution in [0.4, 0.5) is 24.5 Å². The van der Waals surface area contributed by atoms with Gasteiger partial charge in [-0.15, -0.1) is 0 Å². The first-order valence-corrected chi connectivity index (χ1v) is 8.53. The van der Waals surface area contributed by atoms with Gasteiger partial charge < -0.3 is 10.2 Å². The molecule has 0 spiro atoms. The SMILES string of the molecule is CCc1ccc(N(CC(=O)Nc2cc(C(F)(F)F)ccc2Cl)C(C)=O)cc1. The summed E-state index contributed by atoms with van der Waals surface area (Å²) in [6, 6.07) is 9.75. The highest BCUT2D eigenvalue weighted by molar-refractivity contribution is 6.33. The van der Waals surface area contributed by atoms with Gasteiger partial charge in [0.25, 0.3) is 0 Å². The number of anilines is 2. The number of amides is 2. The second-order valence-corrected chi connectivity index (χ2v) is 6.27. The van der Waals surface area contributed by atoms with Gasteiger partial charge in [-0.3, -0.25) is 9.59 Å². The lowest BCUT2D eigenvalue weighted by atomic mass is 10.1. The van der Waals surface area contributed by atoms with Crippen LogP contribution < -0.4 is 10.2 Å². The number of carbonyl (C=O) groups excluding carboxylic acids is 2. The van der Waals surface area contributed by atoms with E-state index in [1.807, 2.05) is 19.1 Å². The number of halogens is 4. The van der Waals surface area contributed by atoms with Gasteiger partial charge in [0.1, 0.15) is 6.54 Å². The van der Waals surface area contributed by atoms with E-state index in [1.165, 1.54) is 11.8 Å². The van der Waals surface area contributed by atoms with Crippen molar-refractivity contribution in [3.05, 3.63) is 58.6 Å². The number of nitrogens with one attached hydrogen (secondary N) is 1. The fourth-order valence-electron chi connectivity index (χ4n) is 2.43. The number of rotatable bonds is 5. The zero-order chi connectivity index (χ0) is 20.2. The van der Waals surface area contributed by atoms with Gasteiger partial charge in [-0.25, -0.2) is 0 Å². The second-order valence-electron chi connectivity index (χ2n) is 5.87. The number of aryl methyl sites for hydroxylation is 1. The van der Waals surface area contributed by atoms with Crippen molar-refractivity contribution in [3.63, 3.8) is 0 Å². The van der Waals surface area contributed by atoms with Crippen LogP contribution in [-0.4, -0.2) is 18.4 Å². The minimum absolute atomic E-state index is 0.0296. The van der Waals surface area contributed by atoms with Crippen molar-refractivity contribution in [1.82, 2.24) is 0 Å². The van der Waals surface area contributed by atoms with Crippen LogP contribution >= 0.6 is 11.6 Å². The second kappa shape index (κ2) is 8.43. The van der Waals surface area contributed by atoms with Crippen molar-refractivity contribution in [2.24, 2.45) is 0 Å². The van der Waals surface area contributed by atoms with Crippen LogP contribution in [0.15, 0.2) is 42.5 Å². The van der Waals surface area contributed by atoms with E-state index in [1.54, 1.807) is 12.1 Å². The standard InChI is InChI=1S/C19H18ClF3N2O2/c1-3-13-4-7-15(8-5-13)25(12(2)26)11-18(27)24-17-10-14(19(21,22)23)6-9-16(17)20/h4-10H,3,11H2,1-2H3,(H,24,27). The lowest BCUT2D eigenvalue weighted by molar-refractivity contribution is -0.137. The molecule has 2 rings (SSSR count). The fourth-order valence-corrected chi connectivity index (χ4v) is 2.59. The summed E-state index contributed by atoms with van der Waals surface area (Å²) < 4.78 is 38.5. The molecule has 27 heavy (non-hydrogen) atoms. The van der Waals surface area contributed by atoms with E-state index in [9.17, 15) is 22.8 Å². The van der Waals surface area contributed by atoms with Gasteiger partial charge in [0.05, 0.1) is 16.3 Å². The Labute approximate surface area is 159 Å². The maximum Gasteiger partial charge on any atom is 0.416 e. The Balaban J connectivity index is 2.18. The van der Waals surface area contributed by atoms with Gasteiger partial charge in [0.15, 0.2) is 0 Å². The van der Waals surface area contributed by atoms with Gasteiger partial charge >= 0.3 is 6.18 Å². The highest BCUT2D eigenvalue weighted by Gasteiger charge is 2.31. The molecular weight excluding hydrogens is 381 g/mol. The van der Waals surface area contributed by atoms with Gasteiger partial charge in [-0.1, -0.05) is 30.7 Å². The van der Waals surface area contributed by atoms with E-state index in [0.29, 0.717) is 5.69 Å². The van der Waals surface area contributed by atoms with Crippen LogP contribution in [0.2, 0.25) is 5.02 Å². The van der Waals surface area contributed by atoms with Crippen molar-refractivity contribution in [1.29, 1.82) is 0 Å². The Morgan fingerprint density at radius 3 is 2.26 bits per heavy atom. The molecule has 8 heteroatoms. The monoisotopic (exact) mass is 398 g/mol.